The topological polar surface area (TPSA) is 58.2 Å². The summed E-state index contributed by atoms with van der Waals surface area (Å²) in [6.07, 6.45) is 6.61. The molecule has 1 amide bonds. The average Bonchev–Trinajstić information content (AvgIpc) is 3.20. The molecule has 1 N–H and O–H groups in total. The first-order valence-electron chi connectivity index (χ1n) is 9.60. The lowest BCUT2D eigenvalue weighted by Crippen LogP contribution is -2.45. The number of aromatic nitrogens is 2. The molecule has 0 saturated carbocycles. The number of amides is 1. The summed E-state index contributed by atoms with van der Waals surface area (Å²) in [6.45, 7) is 4.69. The van der Waals surface area contributed by atoms with E-state index in [1.165, 1.54) is 0 Å². The number of rotatable bonds is 2. The number of pyridine rings is 1. The summed E-state index contributed by atoms with van der Waals surface area (Å²) in [4.78, 5) is 23.1. The van der Waals surface area contributed by atoms with Crippen LogP contribution < -0.4 is 4.90 Å². The van der Waals surface area contributed by atoms with Crippen molar-refractivity contribution in [2.75, 3.05) is 11.5 Å². The van der Waals surface area contributed by atoms with Crippen molar-refractivity contribution in [3.8, 4) is 11.1 Å². The monoisotopic (exact) mass is 361 g/mol. The third-order valence-corrected chi connectivity index (χ3v) is 5.86. The van der Waals surface area contributed by atoms with Crippen molar-refractivity contribution in [1.82, 2.24) is 9.97 Å². The number of hydrogen-bond acceptors (Lipinski definition) is 3. The van der Waals surface area contributed by atoms with Crippen molar-refractivity contribution < 1.29 is 9.53 Å². The van der Waals surface area contributed by atoms with Gasteiger partial charge in [0, 0.05) is 41.0 Å². The molecule has 4 heterocycles. The number of fused-ring (bicyclic) bond motifs is 2. The van der Waals surface area contributed by atoms with Crippen LogP contribution in [0.2, 0.25) is 0 Å². The van der Waals surface area contributed by atoms with Gasteiger partial charge >= 0.3 is 0 Å². The van der Waals surface area contributed by atoms with E-state index in [4.69, 9.17) is 4.74 Å². The second-order valence-corrected chi connectivity index (χ2v) is 7.93. The molecule has 2 aromatic heterocycles. The zero-order valence-electron chi connectivity index (χ0n) is 15.7. The fraction of sp³-hybridized carbons (Fsp3) is 0.364. The van der Waals surface area contributed by atoms with Gasteiger partial charge in [-0.3, -0.25) is 9.69 Å². The lowest BCUT2D eigenvalue weighted by molar-refractivity contribution is -0.125. The third-order valence-electron chi connectivity index (χ3n) is 5.86. The Morgan fingerprint density at radius 2 is 2.04 bits per heavy atom. The van der Waals surface area contributed by atoms with Crippen LogP contribution in [0.3, 0.4) is 0 Å². The number of nitrogens with zero attached hydrogens (tertiary/aromatic N) is 2. The number of ether oxygens (including phenoxy) is 1. The summed E-state index contributed by atoms with van der Waals surface area (Å²) in [5.74, 6) is 0.823. The Balaban J connectivity index is 1.71. The molecule has 1 unspecified atom stereocenters. The zero-order chi connectivity index (χ0) is 18.6. The second-order valence-electron chi connectivity index (χ2n) is 7.93. The van der Waals surface area contributed by atoms with E-state index in [0.29, 0.717) is 6.61 Å². The molecule has 1 saturated heterocycles. The van der Waals surface area contributed by atoms with E-state index >= 15 is 0 Å². The van der Waals surface area contributed by atoms with Crippen molar-refractivity contribution in [2.24, 2.45) is 0 Å². The normalized spacial score (nSPS) is 21.6. The summed E-state index contributed by atoms with van der Waals surface area (Å²) in [5.41, 5.74) is 3.62. The molecule has 1 fully saturated rings. The molecule has 5 rings (SSSR count). The van der Waals surface area contributed by atoms with Crippen molar-refractivity contribution >= 4 is 22.6 Å². The Labute approximate surface area is 158 Å². The number of hydrogen-bond donors (Lipinski definition) is 1. The molecule has 0 aliphatic carbocycles. The highest BCUT2D eigenvalue weighted by Gasteiger charge is 2.49. The van der Waals surface area contributed by atoms with E-state index in [9.17, 15) is 4.79 Å². The van der Waals surface area contributed by atoms with Gasteiger partial charge in [0.2, 0.25) is 5.91 Å². The van der Waals surface area contributed by atoms with Gasteiger partial charge in [0.1, 0.15) is 12.0 Å². The largest absolute Gasteiger partial charge is 0.361 e. The lowest BCUT2D eigenvalue weighted by atomic mass is 9.82. The highest BCUT2D eigenvalue weighted by atomic mass is 16.5. The first kappa shape index (κ1) is 16.5. The Kier molecular flexibility index (Phi) is 3.62. The Hall–Kier alpha value is -2.66. The molecule has 2 aliphatic rings. The molecule has 2 aliphatic heterocycles. The van der Waals surface area contributed by atoms with Crippen LogP contribution in [-0.4, -0.2) is 28.7 Å². The minimum atomic E-state index is -0.641. The molecule has 3 aromatic rings. The predicted molar refractivity (Wildman–Crippen MR) is 106 cm³/mol. The first-order chi connectivity index (χ1) is 13.1. The van der Waals surface area contributed by atoms with Gasteiger partial charge < -0.3 is 9.72 Å². The smallest absolute Gasteiger partial charge is 0.240 e. The molecule has 1 aromatic carbocycles. The van der Waals surface area contributed by atoms with E-state index in [0.717, 1.165) is 52.7 Å². The van der Waals surface area contributed by atoms with Crippen LogP contribution in [-0.2, 0) is 14.9 Å². The molecule has 5 heteroatoms. The van der Waals surface area contributed by atoms with Crippen LogP contribution in [0.1, 0.15) is 38.7 Å². The van der Waals surface area contributed by atoms with Gasteiger partial charge in [0.15, 0.2) is 0 Å². The number of para-hydroxylation sites is 1. The number of nitrogens with one attached hydrogen (secondary N) is 1. The van der Waals surface area contributed by atoms with Gasteiger partial charge in [-0.25, -0.2) is 4.98 Å². The molecule has 0 bridgehead atoms. The number of anilines is 1. The van der Waals surface area contributed by atoms with Crippen molar-refractivity contribution in [3.63, 3.8) is 0 Å². The van der Waals surface area contributed by atoms with Gasteiger partial charge in [-0.05, 0) is 50.8 Å². The molecular weight excluding hydrogens is 338 g/mol. The maximum absolute atomic E-state index is 13.4. The van der Waals surface area contributed by atoms with Crippen molar-refractivity contribution in [2.45, 2.75) is 44.8 Å². The second kappa shape index (κ2) is 5.92. The molecular formula is C22H23N3O2. The van der Waals surface area contributed by atoms with Crippen LogP contribution in [0.25, 0.3) is 22.0 Å². The van der Waals surface area contributed by atoms with Gasteiger partial charge in [-0.15, -0.1) is 0 Å². The minimum absolute atomic E-state index is 0.0733. The van der Waals surface area contributed by atoms with E-state index in [2.05, 4.69) is 22.1 Å². The van der Waals surface area contributed by atoms with Gasteiger partial charge in [-0.2, -0.15) is 0 Å². The minimum Gasteiger partial charge on any atom is -0.361 e. The van der Waals surface area contributed by atoms with Crippen LogP contribution in [0.5, 0.6) is 0 Å². The third kappa shape index (κ3) is 2.34. The SMILES string of the molecule is CC1(C)C(=O)N(C2CCCCO2)c2nccc(-c3c[nH]c4ccccc34)c21. The molecule has 27 heavy (non-hydrogen) atoms. The summed E-state index contributed by atoms with van der Waals surface area (Å²) in [5, 5.41) is 1.15. The summed E-state index contributed by atoms with van der Waals surface area (Å²) in [7, 11) is 0. The lowest BCUT2D eigenvalue weighted by Gasteiger charge is -2.31. The molecule has 1 atom stereocenters. The summed E-state index contributed by atoms with van der Waals surface area (Å²) in [6, 6.07) is 10.3. The molecule has 138 valence electrons. The molecule has 0 radical (unpaired) electrons. The van der Waals surface area contributed by atoms with E-state index < -0.39 is 5.41 Å². The summed E-state index contributed by atoms with van der Waals surface area (Å²) >= 11 is 0. The average molecular weight is 361 g/mol. The van der Waals surface area contributed by atoms with Crippen LogP contribution in [0.15, 0.2) is 42.7 Å². The van der Waals surface area contributed by atoms with E-state index in [-0.39, 0.29) is 12.1 Å². The van der Waals surface area contributed by atoms with Crippen molar-refractivity contribution in [3.05, 3.63) is 48.3 Å². The quantitative estimate of drug-likeness (QED) is 0.737. The standard InChI is InChI=1S/C22H23N3O2/c1-22(2)19-15(16-13-24-17-8-4-3-7-14(16)17)10-11-23-20(19)25(21(22)26)18-9-5-6-12-27-18/h3-4,7-8,10-11,13,18,24H,5-6,9,12H2,1-2H3. The maximum atomic E-state index is 13.4. The number of carbonyl (C=O) groups excluding carboxylic acids is 1. The molecule has 0 spiro atoms. The van der Waals surface area contributed by atoms with Crippen molar-refractivity contribution in [1.29, 1.82) is 0 Å². The Morgan fingerprint density at radius 1 is 1.19 bits per heavy atom. The van der Waals surface area contributed by atoms with Gasteiger partial charge in [0.25, 0.3) is 0 Å². The highest BCUT2D eigenvalue weighted by Crippen LogP contribution is 2.48. The van der Waals surface area contributed by atoms with E-state index in [1.54, 1.807) is 11.1 Å². The fourth-order valence-corrected chi connectivity index (χ4v) is 4.47. The maximum Gasteiger partial charge on any atom is 0.240 e. The highest BCUT2D eigenvalue weighted by molar-refractivity contribution is 6.10. The Morgan fingerprint density at radius 3 is 2.85 bits per heavy atom. The number of aromatic amines is 1. The zero-order valence-corrected chi connectivity index (χ0v) is 15.7. The van der Waals surface area contributed by atoms with Gasteiger partial charge in [0.05, 0.1) is 5.41 Å². The number of H-pyrrole nitrogens is 1. The van der Waals surface area contributed by atoms with Crippen LogP contribution in [0, 0.1) is 0 Å². The Bertz CT molecular complexity index is 1030. The van der Waals surface area contributed by atoms with Gasteiger partial charge in [-0.1, -0.05) is 18.2 Å². The fourth-order valence-electron chi connectivity index (χ4n) is 4.47. The molecule has 5 nitrogen and oxygen atoms in total. The van der Waals surface area contributed by atoms with Crippen LogP contribution >= 0.6 is 0 Å². The number of carbonyl (C=O) groups is 1. The number of benzene rings is 1. The van der Waals surface area contributed by atoms with E-state index in [1.807, 2.05) is 38.2 Å². The van der Waals surface area contributed by atoms with Crippen LogP contribution in [0.4, 0.5) is 5.82 Å². The summed E-state index contributed by atoms with van der Waals surface area (Å²) < 4.78 is 5.94. The predicted octanol–water partition coefficient (Wildman–Crippen LogP) is 4.38. The first-order valence-corrected chi connectivity index (χ1v) is 9.60.